The number of aliphatic imine (C=N–C) groups is 1. The van der Waals surface area contributed by atoms with Crippen LogP contribution in [0.2, 0.25) is 0 Å². The molecule has 31 heavy (non-hydrogen) atoms. The first-order valence-corrected chi connectivity index (χ1v) is 9.77. The van der Waals surface area contributed by atoms with Crippen molar-refractivity contribution in [3.05, 3.63) is 75.5 Å². The molecule has 0 spiro atoms. The quantitative estimate of drug-likeness (QED) is 0.595. The number of nitrogens with zero attached hydrogens (tertiary/aromatic N) is 3. The van der Waals surface area contributed by atoms with Gasteiger partial charge >= 0.3 is 0 Å². The molecule has 2 aromatic carbocycles. The number of methoxy groups -OCH3 is 1. The zero-order valence-electron chi connectivity index (χ0n) is 17.3. The van der Waals surface area contributed by atoms with Gasteiger partial charge in [-0.1, -0.05) is 13.0 Å². The third-order valence-corrected chi connectivity index (χ3v) is 5.10. The van der Waals surface area contributed by atoms with Gasteiger partial charge < -0.3 is 15.2 Å². The molecular weight excluding hydrogens is 401 g/mol. The van der Waals surface area contributed by atoms with E-state index in [2.05, 4.69) is 20.6 Å². The number of phenolic OH excluding ortho intramolecular Hbond substituents is 1. The molecule has 2 heterocycles. The third kappa shape index (κ3) is 3.81. The molecule has 1 aliphatic heterocycles. The summed E-state index contributed by atoms with van der Waals surface area (Å²) >= 11 is 0. The molecule has 0 unspecified atom stereocenters. The van der Waals surface area contributed by atoms with Gasteiger partial charge in [-0.05, 0) is 49.7 Å². The molecule has 160 valence electrons. The SMILES string of the molecule is CCc1c(C)nc2n(c1=O)[C@H](c1ccc(O)c(OC)c1)N=C(Nc1ccc(F)cc1)N2. The molecule has 0 bridgehead atoms. The number of aromatic nitrogens is 2. The van der Waals surface area contributed by atoms with E-state index in [1.54, 1.807) is 31.2 Å². The van der Waals surface area contributed by atoms with E-state index in [9.17, 15) is 14.3 Å². The van der Waals surface area contributed by atoms with Crippen LogP contribution in [0.25, 0.3) is 0 Å². The van der Waals surface area contributed by atoms with Crippen molar-refractivity contribution in [2.24, 2.45) is 4.99 Å². The van der Waals surface area contributed by atoms with E-state index >= 15 is 0 Å². The van der Waals surface area contributed by atoms with Gasteiger partial charge in [-0.15, -0.1) is 0 Å². The third-order valence-electron chi connectivity index (χ3n) is 5.10. The highest BCUT2D eigenvalue weighted by Crippen LogP contribution is 2.33. The Balaban J connectivity index is 1.85. The van der Waals surface area contributed by atoms with Crippen molar-refractivity contribution < 1.29 is 14.2 Å². The monoisotopic (exact) mass is 423 g/mol. The molecule has 0 amide bonds. The molecule has 4 rings (SSSR count). The van der Waals surface area contributed by atoms with Crippen molar-refractivity contribution in [3.8, 4) is 11.5 Å². The zero-order chi connectivity index (χ0) is 22.1. The van der Waals surface area contributed by atoms with E-state index in [0.29, 0.717) is 40.8 Å². The molecule has 0 fully saturated rings. The lowest BCUT2D eigenvalue weighted by Crippen LogP contribution is -2.39. The van der Waals surface area contributed by atoms with Crippen LogP contribution in [0, 0.1) is 12.7 Å². The van der Waals surface area contributed by atoms with Crippen molar-refractivity contribution >= 4 is 17.6 Å². The molecular formula is C22H22FN5O3. The molecule has 3 N–H and O–H groups in total. The van der Waals surface area contributed by atoms with Gasteiger partial charge in [0.2, 0.25) is 11.9 Å². The Morgan fingerprint density at radius 3 is 2.68 bits per heavy atom. The maximum Gasteiger partial charge on any atom is 0.260 e. The Morgan fingerprint density at radius 1 is 1.26 bits per heavy atom. The molecule has 8 nitrogen and oxygen atoms in total. The molecule has 0 saturated heterocycles. The van der Waals surface area contributed by atoms with Crippen LogP contribution in [-0.2, 0) is 6.42 Å². The molecule has 3 aromatic rings. The van der Waals surface area contributed by atoms with E-state index in [-0.39, 0.29) is 22.9 Å². The lowest BCUT2D eigenvalue weighted by atomic mass is 10.1. The highest BCUT2D eigenvalue weighted by molar-refractivity contribution is 6.03. The zero-order valence-corrected chi connectivity index (χ0v) is 17.3. The summed E-state index contributed by atoms with van der Waals surface area (Å²) in [5.41, 5.74) is 2.29. The predicted octanol–water partition coefficient (Wildman–Crippen LogP) is 3.41. The van der Waals surface area contributed by atoms with E-state index < -0.39 is 6.17 Å². The van der Waals surface area contributed by atoms with Crippen molar-refractivity contribution in [2.45, 2.75) is 26.4 Å². The predicted molar refractivity (Wildman–Crippen MR) is 116 cm³/mol. The normalized spacial score (nSPS) is 15.0. The summed E-state index contributed by atoms with van der Waals surface area (Å²) in [5.74, 6) is 0.581. The summed E-state index contributed by atoms with van der Waals surface area (Å²) in [6.45, 7) is 3.69. The Labute approximate surface area is 178 Å². The number of halogens is 1. The Kier molecular flexibility index (Phi) is 5.33. The van der Waals surface area contributed by atoms with Gasteiger partial charge in [0.1, 0.15) is 5.82 Å². The Morgan fingerprint density at radius 2 is 2.00 bits per heavy atom. The number of aryl methyl sites for hydroxylation is 1. The molecule has 9 heteroatoms. The van der Waals surface area contributed by atoms with E-state index in [1.807, 2.05) is 6.92 Å². The summed E-state index contributed by atoms with van der Waals surface area (Å²) in [5, 5.41) is 16.1. The van der Waals surface area contributed by atoms with Gasteiger partial charge in [0.15, 0.2) is 17.7 Å². The topological polar surface area (TPSA) is 101 Å². The number of hydrogen-bond acceptors (Lipinski definition) is 7. The fourth-order valence-electron chi connectivity index (χ4n) is 3.53. The average Bonchev–Trinajstić information content (AvgIpc) is 2.75. The number of benzene rings is 2. The van der Waals surface area contributed by atoms with Gasteiger partial charge in [-0.3, -0.25) is 14.7 Å². The van der Waals surface area contributed by atoms with Gasteiger partial charge in [-0.2, -0.15) is 0 Å². The van der Waals surface area contributed by atoms with Gasteiger partial charge in [-0.25, -0.2) is 14.4 Å². The van der Waals surface area contributed by atoms with Crippen LogP contribution >= 0.6 is 0 Å². The maximum atomic E-state index is 13.3. The maximum absolute atomic E-state index is 13.3. The number of ether oxygens (including phenoxy) is 1. The first-order chi connectivity index (χ1) is 14.9. The number of anilines is 2. The largest absolute Gasteiger partial charge is 0.504 e. The second-order valence-corrected chi connectivity index (χ2v) is 7.07. The van der Waals surface area contributed by atoms with Crippen LogP contribution in [0.1, 0.15) is 29.9 Å². The average molecular weight is 423 g/mol. The molecule has 0 aliphatic carbocycles. The van der Waals surface area contributed by atoms with E-state index in [4.69, 9.17) is 4.74 Å². The van der Waals surface area contributed by atoms with Crippen LogP contribution in [0.3, 0.4) is 0 Å². The van der Waals surface area contributed by atoms with E-state index in [1.165, 1.54) is 29.9 Å². The van der Waals surface area contributed by atoms with Crippen LogP contribution in [0.5, 0.6) is 11.5 Å². The second-order valence-electron chi connectivity index (χ2n) is 7.07. The van der Waals surface area contributed by atoms with Crippen LogP contribution in [-0.4, -0.2) is 27.7 Å². The molecule has 1 atom stereocenters. The lowest BCUT2D eigenvalue weighted by molar-refractivity contribution is 0.372. The summed E-state index contributed by atoms with van der Waals surface area (Å²) in [6, 6.07) is 10.6. The fourth-order valence-corrected chi connectivity index (χ4v) is 3.53. The second kappa shape index (κ2) is 8.10. The summed E-state index contributed by atoms with van der Waals surface area (Å²) in [4.78, 5) is 22.5. The number of aromatic hydroxyl groups is 1. The molecule has 0 saturated carbocycles. The number of phenols is 1. The van der Waals surface area contributed by atoms with Crippen LogP contribution in [0.4, 0.5) is 16.0 Å². The number of nitrogens with one attached hydrogen (secondary N) is 2. The van der Waals surface area contributed by atoms with Gasteiger partial charge in [0.25, 0.3) is 5.56 Å². The summed E-state index contributed by atoms with van der Waals surface area (Å²) in [6.07, 6.45) is -0.215. The van der Waals surface area contributed by atoms with Gasteiger partial charge in [0.05, 0.1) is 7.11 Å². The smallest absolute Gasteiger partial charge is 0.260 e. The van der Waals surface area contributed by atoms with Crippen LogP contribution in [0.15, 0.2) is 52.3 Å². The van der Waals surface area contributed by atoms with E-state index in [0.717, 1.165) is 0 Å². The minimum atomic E-state index is -0.750. The number of hydrogen-bond donors (Lipinski definition) is 3. The first-order valence-electron chi connectivity index (χ1n) is 9.77. The van der Waals surface area contributed by atoms with Crippen molar-refractivity contribution in [2.75, 3.05) is 17.7 Å². The number of fused-ring (bicyclic) bond motifs is 1. The summed E-state index contributed by atoms with van der Waals surface area (Å²) < 4.78 is 20.0. The number of guanidine groups is 1. The summed E-state index contributed by atoms with van der Waals surface area (Å²) in [7, 11) is 1.45. The fraction of sp³-hybridized carbons (Fsp3) is 0.227. The van der Waals surface area contributed by atoms with Crippen LogP contribution < -0.4 is 20.9 Å². The minimum Gasteiger partial charge on any atom is -0.504 e. The van der Waals surface area contributed by atoms with Gasteiger partial charge in [0, 0.05) is 22.5 Å². The molecule has 0 radical (unpaired) electrons. The first kappa shape index (κ1) is 20.4. The highest BCUT2D eigenvalue weighted by Gasteiger charge is 2.27. The van der Waals surface area contributed by atoms with Crippen molar-refractivity contribution in [3.63, 3.8) is 0 Å². The van der Waals surface area contributed by atoms with Crippen molar-refractivity contribution in [1.82, 2.24) is 9.55 Å². The molecule has 1 aliphatic rings. The lowest BCUT2D eigenvalue weighted by Gasteiger charge is -2.28. The highest BCUT2D eigenvalue weighted by atomic mass is 19.1. The minimum absolute atomic E-state index is 0.0160. The van der Waals surface area contributed by atoms with Crippen molar-refractivity contribution in [1.29, 1.82) is 0 Å². The Hall–Kier alpha value is -3.88. The number of rotatable bonds is 4. The standard InChI is InChI=1S/C22H22FN5O3/c1-4-16-12(2)24-22-27-21(25-15-8-6-14(23)7-9-15)26-19(28(22)20(16)30)13-5-10-17(29)18(11-13)31-3/h5-11,19,29H,4H2,1-3H3,(H2,24,25,26,27)/t19-/m1/s1. The molecule has 1 aromatic heterocycles. The Bertz CT molecular complexity index is 1220.